The van der Waals surface area contributed by atoms with Crippen molar-refractivity contribution in [1.82, 2.24) is 10.2 Å². The van der Waals surface area contributed by atoms with Crippen molar-refractivity contribution in [3.05, 3.63) is 83.9 Å². The molecule has 9 nitrogen and oxygen atoms in total. The molecule has 40 heavy (non-hydrogen) atoms. The van der Waals surface area contributed by atoms with Crippen LogP contribution in [0, 0.1) is 6.92 Å². The standard InChI is InChI=1S/C30H37N3O6S/c1-21(2)31-30(35)23(4)32(19-24-13-15-25(38-5)16-14-24)29(34)20-33(27-9-7-8-10-28(27)39-6)40(36,37)26-17-11-22(3)12-18-26/h7-18,21,23H,19-20H2,1-6H3,(H,31,35)/t23-/m0/s1. The van der Waals surface area contributed by atoms with Crippen LogP contribution in [-0.2, 0) is 26.2 Å². The molecular weight excluding hydrogens is 530 g/mol. The molecule has 10 heteroatoms. The highest BCUT2D eigenvalue weighted by Crippen LogP contribution is 2.32. The largest absolute Gasteiger partial charge is 0.497 e. The first-order valence-corrected chi connectivity index (χ1v) is 14.4. The van der Waals surface area contributed by atoms with Gasteiger partial charge in [0.2, 0.25) is 11.8 Å². The summed E-state index contributed by atoms with van der Waals surface area (Å²) in [5.74, 6) is 0.0444. The third-order valence-corrected chi connectivity index (χ3v) is 8.13. The normalized spacial score (nSPS) is 12.0. The van der Waals surface area contributed by atoms with Crippen LogP contribution >= 0.6 is 0 Å². The van der Waals surface area contributed by atoms with Crippen molar-refractivity contribution >= 4 is 27.5 Å². The van der Waals surface area contributed by atoms with Crippen molar-refractivity contribution in [2.75, 3.05) is 25.1 Å². The number of hydrogen-bond acceptors (Lipinski definition) is 6. The Morgan fingerprint density at radius 3 is 2.08 bits per heavy atom. The van der Waals surface area contributed by atoms with Gasteiger partial charge in [0.1, 0.15) is 24.1 Å². The molecule has 1 atom stereocenters. The lowest BCUT2D eigenvalue weighted by atomic mass is 10.1. The first-order valence-electron chi connectivity index (χ1n) is 12.9. The number of amides is 2. The number of carbonyl (C=O) groups excluding carboxylic acids is 2. The van der Waals surface area contributed by atoms with E-state index in [1.165, 1.54) is 24.1 Å². The minimum atomic E-state index is -4.19. The lowest BCUT2D eigenvalue weighted by Gasteiger charge is -2.32. The summed E-state index contributed by atoms with van der Waals surface area (Å²) in [7, 11) is -1.19. The van der Waals surface area contributed by atoms with E-state index >= 15 is 0 Å². The van der Waals surface area contributed by atoms with Gasteiger partial charge in [-0.15, -0.1) is 0 Å². The fourth-order valence-electron chi connectivity index (χ4n) is 4.10. The summed E-state index contributed by atoms with van der Waals surface area (Å²) in [6.45, 7) is 6.68. The van der Waals surface area contributed by atoms with Crippen molar-refractivity contribution in [1.29, 1.82) is 0 Å². The highest BCUT2D eigenvalue weighted by Gasteiger charge is 2.33. The van der Waals surface area contributed by atoms with Crippen LogP contribution in [0.5, 0.6) is 11.5 Å². The summed E-state index contributed by atoms with van der Waals surface area (Å²) in [6.07, 6.45) is 0. The maximum Gasteiger partial charge on any atom is 0.264 e. The molecule has 3 aromatic carbocycles. The Morgan fingerprint density at radius 1 is 0.875 bits per heavy atom. The Hall–Kier alpha value is -4.05. The molecule has 0 saturated heterocycles. The smallest absolute Gasteiger partial charge is 0.264 e. The Kier molecular flexibility index (Phi) is 10.2. The van der Waals surface area contributed by atoms with Gasteiger partial charge >= 0.3 is 0 Å². The lowest BCUT2D eigenvalue weighted by Crippen LogP contribution is -2.52. The molecule has 0 heterocycles. The van der Waals surface area contributed by atoms with Gasteiger partial charge in [-0.05, 0) is 69.7 Å². The monoisotopic (exact) mass is 567 g/mol. The quantitative estimate of drug-likeness (QED) is 0.353. The number of sulfonamides is 1. The van der Waals surface area contributed by atoms with Crippen LogP contribution in [0.25, 0.3) is 0 Å². The zero-order valence-corrected chi connectivity index (χ0v) is 24.6. The SMILES string of the molecule is COc1ccc(CN(C(=O)CN(c2ccccc2OC)S(=O)(=O)c2ccc(C)cc2)[C@@H](C)C(=O)NC(C)C)cc1. The summed E-state index contributed by atoms with van der Waals surface area (Å²) in [6, 6.07) is 19.1. The van der Waals surface area contributed by atoms with Gasteiger partial charge in [0.05, 0.1) is 24.8 Å². The molecule has 214 valence electrons. The Bertz CT molecular complexity index is 1410. The first-order chi connectivity index (χ1) is 19.0. The molecule has 0 fully saturated rings. The molecule has 0 spiro atoms. The number of aryl methyl sites for hydroxylation is 1. The molecule has 0 aliphatic rings. The van der Waals surface area contributed by atoms with E-state index in [2.05, 4.69) is 5.32 Å². The number of nitrogens with one attached hydrogen (secondary N) is 1. The van der Waals surface area contributed by atoms with E-state index < -0.39 is 28.5 Å². The number of benzene rings is 3. The van der Waals surface area contributed by atoms with Crippen LogP contribution in [0.4, 0.5) is 5.69 Å². The second kappa shape index (κ2) is 13.3. The molecule has 0 aliphatic heterocycles. The summed E-state index contributed by atoms with van der Waals surface area (Å²) in [4.78, 5) is 28.4. The van der Waals surface area contributed by atoms with E-state index in [4.69, 9.17) is 9.47 Å². The minimum absolute atomic E-state index is 0.0316. The predicted molar refractivity (Wildman–Crippen MR) is 155 cm³/mol. The van der Waals surface area contributed by atoms with Gasteiger partial charge in [-0.25, -0.2) is 8.42 Å². The second-order valence-electron chi connectivity index (χ2n) is 9.71. The maximum absolute atomic E-state index is 14.0. The van der Waals surface area contributed by atoms with Gasteiger partial charge in [0.15, 0.2) is 0 Å². The Balaban J connectivity index is 2.06. The number of rotatable bonds is 12. The van der Waals surface area contributed by atoms with Crippen LogP contribution in [0.2, 0.25) is 0 Å². The Morgan fingerprint density at radius 2 is 1.50 bits per heavy atom. The maximum atomic E-state index is 14.0. The molecule has 2 amide bonds. The summed E-state index contributed by atoms with van der Waals surface area (Å²) >= 11 is 0. The lowest BCUT2D eigenvalue weighted by molar-refractivity contribution is -0.139. The third kappa shape index (κ3) is 7.32. The van der Waals surface area contributed by atoms with Gasteiger partial charge in [-0.2, -0.15) is 0 Å². The zero-order valence-electron chi connectivity index (χ0n) is 23.7. The van der Waals surface area contributed by atoms with Crippen molar-refractivity contribution in [3.8, 4) is 11.5 Å². The number of nitrogens with zero attached hydrogens (tertiary/aromatic N) is 2. The number of ether oxygens (including phenoxy) is 2. The zero-order chi connectivity index (χ0) is 29.4. The molecule has 3 rings (SSSR count). The van der Waals surface area contributed by atoms with Crippen molar-refractivity contribution in [2.45, 2.75) is 51.2 Å². The average molecular weight is 568 g/mol. The van der Waals surface area contributed by atoms with Crippen LogP contribution in [0.1, 0.15) is 31.9 Å². The highest BCUT2D eigenvalue weighted by molar-refractivity contribution is 7.92. The number of hydrogen-bond donors (Lipinski definition) is 1. The fourth-order valence-corrected chi connectivity index (χ4v) is 5.53. The topological polar surface area (TPSA) is 105 Å². The molecule has 0 bridgehead atoms. The van der Waals surface area contributed by atoms with E-state index in [9.17, 15) is 18.0 Å². The molecule has 0 aliphatic carbocycles. The third-order valence-electron chi connectivity index (χ3n) is 6.35. The molecule has 0 aromatic heterocycles. The summed E-state index contributed by atoms with van der Waals surface area (Å²) in [5.41, 5.74) is 1.86. The predicted octanol–water partition coefficient (Wildman–Crippen LogP) is 4.15. The van der Waals surface area contributed by atoms with E-state index in [1.807, 2.05) is 20.8 Å². The van der Waals surface area contributed by atoms with Crippen molar-refractivity contribution in [3.63, 3.8) is 0 Å². The molecule has 0 radical (unpaired) electrons. The minimum Gasteiger partial charge on any atom is -0.497 e. The number of para-hydroxylation sites is 2. The van der Waals surface area contributed by atoms with E-state index in [1.54, 1.807) is 74.7 Å². The van der Waals surface area contributed by atoms with Crippen molar-refractivity contribution < 1.29 is 27.5 Å². The number of anilines is 1. The number of carbonyl (C=O) groups is 2. The molecule has 0 saturated carbocycles. The van der Waals surface area contributed by atoms with E-state index in [0.29, 0.717) is 11.5 Å². The second-order valence-corrected chi connectivity index (χ2v) is 11.6. The van der Waals surface area contributed by atoms with Crippen molar-refractivity contribution in [2.24, 2.45) is 0 Å². The van der Waals surface area contributed by atoms with Crippen LogP contribution in [0.3, 0.4) is 0 Å². The molecular formula is C30H37N3O6S. The van der Waals surface area contributed by atoms with Gasteiger partial charge in [-0.3, -0.25) is 13.9 Å². The first kappa shape index (κ1) is 30.5. The molecule has 3 aromatic rings. The van der Waals surface area contributed by atoms with Gasteiger partial charge in [0.25, 0.3) is 10.0 Å². The molecule has 0 unspecified atom stereocenters. The average Bonchev–Trinajstić information content (AvgIpc) is 2.94. The van der Waals surface area contributed by atoms with Gasteiger partial charge in [-0.1, -0.05) is 42.0 Å². The number of methoxy groups -OCH3 is 2. The highest BCUT2D eigenvalue weighted by atomic mass is 32.2. The Labute approximate surface area is 236 Å². The van der Waals surface area contributed by atoms with Crippen LogP contribution in [-0.4, -0.2) is 58.0 Å². The van der Waals surface area contributed by atoms with E-state index in [-0.39, 0.29) is 29.1 Å². The fraction of sp³-hybridized carbons (Fsp3) is 0.333. The summed E-state index contributed by atoms with van der Waals surface area (Å²) in [5, 5.41) is 2.84. The van der Waals surface area contributed by atoms with E-state index in [0.717, 1.165) is 15.4 Å². The van der Waals surface area contributed by atoms with Gasteiger partial charge in [0, 0.05) is 12.6 Å². The summed E-state index contributed by atoms with van der Waals surface area (Å²) < 4.78 is 39.6. The van der Waals surface area contributed by atoms with Gasteiger partial charge < -0.3 is 19.7 Å². The van der Waals surface area contributed by atoms with Crippen LogP contribution < -0.4 is 19.1 Å². The van der Waals surface area contributed by atoms with Crippen LogP contribution in [0.15, 0.2) is 77.7 Å². The molecule has 1 N–H and O–H groups in total.